The number of rotatable bonds is 4. The fourth-order valence-corrected chi connectivity index (χ4v) is 2.75. The largest absolute Gasteiger partial charge is 0.363 e. The predicted octanol–water partition coefficient (Wildman–Crippen LogP) is 1.36. The summed E-state index contributed by atoms with van der Waals surface area (Å²) in [6, 6.07) is 4.20. The SMILES string of the molecule is Cc1ccnc(N(C)C2CCN(c3nccc(N(C)C)n3)C2)n1. The lowest BCUT2D eigenvalue weighted by molar-refractivity contribution is 0.672. The van der Waals surface area contributed by atoms with E-state index in [1.165, 1.54) is 0 Å². The van der Waals surface area contributed by atoms with Crippen LogP contribution in [-0.2, 0) is 0 Å². The standard InChI is InChI=1S/C16H23N7/c1-12-5-8-17-15(19-12)22(4)13-7-10-23(11-13)16-18-9-6-14(20-16)21(2)3/h5-6,8-9,13H,7,10-11H2,1-4H3. The highest BCUT2D eigenvalue weighted by Gasteiger charge is 2.28. The number of anilines is 3. The average molecular weight is 313 g/mol. The van der Waals surface area contributed by atoms with Crippen molar-refractivity contribution in [3.05, 3.63) is 30.2 Å². The topological polar surface area (TPSA) is 61.3 Å². The second-order valence-electron chi connectivity index (χ2n) is 6.11. The van der Waals surface area contributed by atoms with E-state index in [0.717, 1.165) is 42.9 Å². The summed E-state index contributed by atoms with van der Waals surface area (Å²) in [6.45, 7) is 3.81. The van der Waals surface area contributed by atoms with Gasteiger partial charge < -0.3 is 14.7 Å². The Morgan fingerprint density at radius 2 is 1.87 bits per heavy atom. The van der Waals surface area contributed by atoms with Crippen LogP contribution in [0.15, 0.2) is 24.5 Å². The Labute approximate surface area is 137 Å². The molecule has 3 heterocycles. The molecule has 0 N–H and O–H groups in total. The first-order chi connectivity index (χ1) is 11.0. The molecule has 3 rings (SSSR count). The number of aromatic nitrogens is 4. The Balaban J connectivity index is 1.72. The lowest BCUT2D eigenvalue weighted by Gasteiger charge is -2.25. The molecule has 7 nitrogen and oxygen atoms in total. The van der Waals surface area contributed by atoms with Crippen LogP contribution in [0.2, 0.25) is 0 Å². The Morgan fingerprint density at radius 1 is 1.09 bits per heavy atom. The number of nitrogens with zero attached hydrogens (tertiary/aromatic N) is 7. The van der Waals surface area contributed by atoms with Crippen LogP contribution in [0, 0.1) is 6.92 Å². The summed E-state index contributed by atoms with van der Waals surface area (Å²) in [5.41, 5.74) is 0.985. The summed E-state index contributed by atoms with van der Waals surface area (Å²) in [5.74, 6) is 2.49. The summed E-state index contributed by atoms with van der Waals surface area (Å²) in [7, 11) is 6.03. The van der Waals surface area contributed by atoms with Gasteiger partial charge in [0.1, 0.15) is 5.82 Å². The first kappa shape index (κ1) is 15.5. The third-order valence-corrected chi connectivity index (χ3v) is 4.18. The van der Waals surface area contributed by atoms with Crippen LogP contribution in [0.1, 0.15) is 12.1 Å². The molecule has 23 heavy (non-hydrogen) atoms. The summed E-state index contributed by atoms with van der Waals surface area (Å²) >= 11 is 0. The third kappa shape index (κ3) is 3.33. The normalized spacial score (nSPS) is 17.4. The quantitative estimate of drug-likeness (QED) is 0.844. The smallest absolute Gasteiger partial charge is 0.227 e. The maximum Gasteiger partial charge on any atom is 0.227 e. The fraction of sp³-hybridized carbons (Fsp3) is 0.500. The van der Waals surface area contributed by atoms with Crippen LogP contribution in [0.4, 0.5) is 17.7 Å². The molecular formula is C16H23N7. The van der Waals surface area contributed by atoms with Crippen LogP contribution in [-0.4, -0.2) is 60.2 Å². The summed E-state index contributed by atoms with van der Waals surface area (Å²) in [6.07, 6.45) is 4.67. The maximum atomic E-state index is 4.63. The lowest BCUT2D eigenvalue weighted by atomic mass is 10.2. The van der Waals surface area contributed by atoms with E-state index in [0.29, 0.717) is 6.04 Å². The van der Waals surface area contributed by atoms with Crippen molar-refractivity contribution in [1.29, 1.82) is 0 Å². The third-order valence-electron chi connectivity index (χ3n) is 4.18. The van der Waals surface area contributed by atoms with E-state index in [9.17, 15) is 0 Å². The zero-order chi connectivity index (χ0) is 16.4. The van der Waals surface area contributed by atoms with Crippen LogP contribution < -0.4 is 14.7 Å². The molecule has 7 heteroatoms. The molecule has 2 aromatic rings. The second kappa shape index (κ2) is 6.36. The van der Waals surface area contributed by atoms with Crippen molar-refractivity contribution >= 4 is 17.7 Å². The van der Waals surface area contributed by atoms with E-state index in [4.69, 9.17) is 0 Å². The zero-order valence-electron chi connectivity index (χ0n) is 14.1. The molecule has 1 saturated heterocycles. The first-order valence-electron chi connectivity index (χ1n) is 7.82. The molecule has 0 radical (unpaired) electrons. The number of likely N-dealkylation sites (N-methyl/N-ethyl adjacent to an activating group) is 1. The Morgan fingerprint density at radius 3 is 2.61 bits per heavy atom. The van der Waals surface area contributed by atoms with Crippen molar-refractivity contribution in [2.75, 3.05) is 48.9 Å². The molecule has 0 spiro atoms. The summed E-state index contributed by atoms with van der Waals surface area (Å²) in [5, 5.41) is 0. The van der Waals surface area contributed by atoms with Crippen molar-refractivity contribution in [3.8, 4) is 0 Å². The highest BCUT2D eigenvalue weighted by atomic mass is 15.3. The van der Waals surface area contributed by atoms with E-state index < -0.39 is 0 Å². The van der Waals surface area contributed by atoms with Crippen molar-refractivity contribution in [3.63, 3.8) is 0 Å². The van der Waals surface area contributed by atoms with E-state index in [1.54, 1.807) is 0 Å². The molecule has 1 atom stereocenters. The zero-order valence-corrected chi connectivity index (χ0v) is 14.1. The van der Waals surface area contributed by atoms with Gasteiger partial charge in [-0.3, -0.25) is 0 Å². The maximum absolute atomic E-state index is 4.63. The van der Waals surface area contributed by atoms with Crippen LogP contribution >= 0.6 is 0 Å². The molecular weight excluding hydrogens is 290 g/mol. The number of hydrogen-bond donors (Lipinski definition) is 0. The number of aryl methyl sites for hydroxylation is 1. The van der Waals surface area contributed by atoms with Crippen molar-refractivity contribution in [2.24, 2.45) is 0 Å². The highest BCUT2D eigenvalue weighted by molar-refractivity contribution is 5.44. The molecule has 1 aliphatic heterocycles. The Bertz CT molecular complexity index is 673. The molecule has 0 amide bonds. The van der Waals surface area contributed by atoms with Gasteiger partial charge in [0.25, 0.3) is 0 Å². The molecule has 0 bridgehead atoms. The summed E-state index contributed by atoms with van der Waals surface area (Å²) < 4.78 is 0. The predicted molar refractivity (Wildman–Crippen MR) is 92.1 cm³/mol. The van der Waals surface area contributed by atoms with Gasteiger partial charge >= 0.3 is 0 Å². The van der Waals surface area contributed by atoms with Gasteiger partial charge in [0.15, 0.2) is 0 Å². The van der Waals surface area contributed by atoms with Gasteiger partial charge in [-0.25, -0.2) is 15.0 Å². The molecule has 2 aromatic heterocycles. The minimum atomic E-state index is 0.364. The van der Waals surface area contributed by atoms with E-state index in [-0.39, 0.29) is 0 Å². The van der Waals surface area contributed by atoms with E-state index >= 15 is 0 Å². The van der Waals surface area contributed by atoms with Gasteiger partial charge in [-0.1, -0.05) is 0 Å². The Kier molecular flexibility index (Phi) is 4.27. The minimum absolute atomic E-state index is 0.364. The second-order valence-corrected chi connectivity index (χ2v) is 6.11. The van der Waals surface area contributed by atoms with Crippen molar-refractivity contribution < 1.29 is 0 Å². The fourth-order valence-electron chi connectivity index (χ4n) is 2.75. The molecule has 1 unspecified atom stereocenters. The molecule has 1 fully saturated rings. The van der Waals surface area contributed by atoms with Gasteiger partial charge in [0.2, 0.25) is 11.9 Å². The molecule has 0 saturated carbocycles. The van der Waals surface area contributed by atoms with Crippen molar-refractivity contribution in [2.45, 2.75) is 19.4 Å². The average Bonchev–Trinajstić information content (AvgIpc) is 3.04. The Hall–Kier alpha value is -2.44. The van der Waals surface area contributed by atoms with Crippen LogP contribution in [0.3, 0.4) is 0 Å². The van der Waals surface area contributed by atoms with Crippen LogP contribution in [0.5, 0.6) is 0 Å². The van der Waals surface area contributed by atoms with Crippen molar-refractivity contribution in [1.82, 2.24) is 19.9 Å². The monoisotopic (exact) mass is 313 g/mol. The molecule has 0 aromatic carbocycles. The van der Waals surface area contributed by atoms with Gasteiger partial charge in [-0.2, -0.15) is 4.98 Å². The molecule has 1 aliphatic rings. The van der Waals surface area contributed by atoms with Gasteiger partial charge in [0.05, 0.1) is 6.04 Å². The minimum Gasteiger partial charge on any atom is -0.363 e. The highest BCUT2D eigenvalue weighted by Crippen LogP contribution is 2.22. The number of hydrogen-bond acceptors (Lipinski definition) is 7. The molecule has 122 valence electrons. The van der Waals surface area contributed by atoms with Crippen LogP contribution in [0.25, 0.3) is 0 Å². The van der Waals surface area contributed by atoms with Gasteiger partial charge in [0, 0.05) is 52.3 Å². The van der Waals surface area contributed by atoms with Gasteiger partial charge in [-0.05, 0) is 25.5 Å². The summed E-state index contributed by atoms with van der Waals surface area (Å²) in [4.78, 5) is 24.3. The van der Waals surface area contributed by atoms with E-state index in [1.807, 2.05) is 50.4 Å². The van der Waals surface area contributed by atoms with E-state index in [2.05, 4.69) is 36.8 Å². The molecule has 0 aliphatic carbocycles. The first-order valence-corrected chi connectivity index (χ1v) is 7.82. The lowest BCUT2D eigenvalue weighted by Crippen LogP contribution is -2.36. The van der Waals surface area contributed by atoms with Gasteiger partial charge in [-0.15, -0.1) is 0 Å².